The fourth-order valence-corrected chi connectivity index (χ4v) is 10.6. The Labute approximate surface area is 396 Å². The predicted molar refractivity (Wildman–Crippen MR) is 267 cm³/mol. The molecule has 10 rings (SSSR count). The van der Waals surface area contributed by atoms with Crippen LogP contribution in [0.3, 0.4) is 0 Å². The van der Waals surface area contributed by atoms with Crippen LogP contribution in [0.25, 0.3) is 44.5 Å². The molecule has 0 atom stereocenters. The van der Waals surface area contributed by atoms with Crippen molar-refractivity contribution in [2.75, 3.05) is 0 Å². The van der Waals surface area contributed by atoms with Crippen LogP contribution >= 0.6 is 16.8 Å². The third-order valence-electron chi connectivity index (χ3n) is 10.8. The van der Waals surface area contributed by atoms with Crippen LogP contribution in [-0.2, 0) is 17.1 Å². The van der Waals surface area contributed by atoms with Gasteiger partial charge >= 0.3 is 33.8 Å². The van der Waals surface area contributed by atoms with Crippen LogP contribution < -0.4 is 18.1 Å². The van der Waals surface area contributed by atoms with Crippen molar-refractivity contribution in [2.24, 2.45) is 0 Å². The summed E-state index contributed by atoms with van der Waals surface area (Å²) < 4.78 is 26.5. The van der Waals surface area contributed by atoms with Gasteiger partial charge in [-0.25, -0.2) is 0 Å². The Morgan fingerprint density at radius 3 is 0.754 bits per heavy atom. The van der Waals surface area contributed by atoms with E-state index >= 15 is 0 Å². The molecule has 0 spiro atoms. The van der Waals surface area contributed by atoms with Gasteiger partial charge in [0.25, 0.3) is 0 Å². The molecular weight excluding hydrogens is 878 g/mol. The first-order valence-electron chi connectivity index (χ1n) is 21.7. The van der Waals surface area contributed by atoms with Crippen molar-refractivity contribution < 1.29 is 35.2 Å². The first-order valence-corrected chi connectivity index (χ1v) is 24.0. The number of hydrogen-bond acceptors (Lipinski definition) is 4. The van der Waals surface area contributed by atoms with Gasteiger partial charge in [-0.2, -0.15) is 12.8 Å². The Morgan fingerprint density at radius 2 is 0.523 bits per heavy atom. The quantitative estimate of drug-likeness (QED) is 0.0619. The molecule has 0 unspecified atom stereocenters. The van der Waals surface area contributed by atoms with Crippen molar-refractivity contribution in [3.8, 4) is 67.5 Å². The molecule has 7 heteroatoms. The van der Waals surface area contributed by atoms with Crippen LogP contribution in [0.2, 0.25) is 0 Å². The maximum absolute atomic E-state index is 6.63. The van der Waals surface area contributed by atoms with E-state index in [1.165, 1.54) is 10.6 Å². The Morgan fingerprint density at radius 1 is 0.292 bits per heavy atom. The molecule has 0 aliphatic heterocycles. The molecule has 0 saturated heterocycles. The second-order valence-electron chi connectivity index (χ2n) is 15.2. The van der Waals surface area contributed by atoms with E-state index in [2.05, 4.69) is 146 Å². The maximum Gasteiger partial charge on any atom is 2.00 e. The summed E-state index contributed by atoms with van der Waals surface area (Å²) in [6, 6.07) is 74.2. The largest absolute Gasteiger partial charge is 2.00 e. The van der Waals surface area contributed by atoms with Gasteiger partial charge in [0.2, 0.25) is 0 Å². The summed E-state index contributed by atoms with van der Waals surface area (Å²) in [5.74, 6) is 3.37. The molecular formula is C58H48FeO4P2. The van der Waals surface area contributed by atoms with Gasteiger partial charge in [-0.15, -0.1) is 25.0 Å². The Balaban J connectivity index is 0.000000175. The summed E-state index contributed by atoms with van der Waals surface area (Å²) in [5, 5.41) is 2.43. The van der Waals surface area contributed by atoms with Crippen molar-refractivity contribution in [1.82, 2.24) is 0 Å². The minimum absolute atomic E-state index is 0. The number of allylic oxidation sites excluding steroid dienone is 4. The van der Waals surface area contributed by atoms with Gasteiger partial charge in [0, 0.05) is 22.3 Å². The van der Waals surface area contributed by atoms with Gasteiger partial charge in [0.1, 0.15) is 23.0 Å². The van der Waals surface area contributed by atoms with Gasteiger partial charge in [-0.1, -0.05) is 194 Å². The van der Waals surface area contributed by atoms with E-state index in [0.29, 0.717) is 0 Å². The first-order chi connectivity index (χ1) is 31.8. The zero-order chi connectivity index (χ0) is 43.2. The fourth-order valence-electron chi connectivity index (χ4n) is 7.60. The van der Waals surface area contributed by atoms with Gasteiger partial charge in [-0.05, 0) is 57.1 Å². The zero-order valence-electron chi connectivity index (χ0n) is 35.8. The molecule has 0 bridgehead atoms. The maximum atomic E-state index is 6.63. The molecule has 0 radical (unpaired) electrons. The summed E-state index contributed by atoms with van der Waals surface area (Å²) in [6.07, 6.45) is 12.7. The van der Waals surface area contributed by atoms with Gasteiger partial charge in [-0.3, -0.25) is 0 Å². The predicted octanol–water partition coefficient (Wildman–Crippen LogP) is 17.3. The molecule has 8 aromatic rings. The van der Waals surface area contributed by atoms with Crippen molar-refractivity contribution in [1.29, 1.82) is 0 Å². The Kier molecular flexibility index (Phi) is 16.2. The van der Waals surface area contributed by atoms with Crippen molar-refractivity contribution in [2.45, 2.75) is 25.7 Å². The van der Waals surface area contributed by atoms with Crippen LogP contribution in [0, 0.1) is 12.8 Å². The van der Waals surface area contributed by atoms with Crippen molar-refractivity contribution in [3.05, 3.63) is 254 Å². The van der Waals surface area contributed by atoms with Crippen LogP contribution in [0.1, 0.15) is 25.7 Å². The first kappa shape index (κ1) is 45.4. The Bertz CT molecular complexity index is 2440. The normalized spacial score (nSPS) is 12.9. The number of rotatable bonds is 14. The van der Waals surface area contributed by atoms with Crippen LogP contribution in [0.4, 0.5) is 0 Å². The van der Waals surface area contributed by atoms with Crippen LogP contribution in [-0.4, -0.2) is 0 Å². The molecule has 0 fully saturated rings. The van der Waals surface area contributed by atoms with E-state index in [1.54, 1.807) is 0 Å². The molecule has 8 aromatic carbocycles. The van der Waals surface area contributed by atoms with Crippen molar-refractivity contribution >= 4 is 16.8 Å². The second kappa shape index (κ2) is 23.1. The summed E-state index contributed by atoms with van der Waals surface area (Å²) in [7, 11) is -2.60. The molecule has 0 saturated carbocycles. The van der Waals surface area contributed by atoms with E-state index in [0.717, 1.165) is 93.2 Å². The second-order valence-corrected chi connectivity index (χ2v) is 18.1. The van der Waals surface area contributed by atoms with E-state index in [-0.39, 0.29) is 17.1 Å². The van der Waals surface area contributed by atoms with E-state index < -0.39 is 16.8 Å². The van der Waals surface area contributed by atoms with E-state index in [4.69, 9.17) is 18.1 Å². The average molecular weight is 927 g/mol. The van der Waals surface area contributed by atoms with Crippen molar-refractivity contribution in [3.63, 3.8) is 0 Å². The standard InChI is InChI=1S/2C29H24O2P.Fe/c2*1-3-13-23(14-4-1)26-19-9-11-21-28(26)30-32(25-17-7-8-18-25)31-29-22-12-10-20-27(29)24-15-5-2-6-16-24;/h2*1-7,9-16,18-22H,8,17H2;/q2*-1;+2. The topological polar surface area (TPSA) is 36.9 Å². The molecule has 0 N–H and O–H groups in total. The SMILES string of the molecule is C1=C(P(Oc2ccccc2-c2ccccc2)Oc2ccccc2-c2ccccc2)C[CH-]C1.C1=C(P(Oc2ccccc2-c2ccccc2)Oc2ccccc2-c2ccccc2)C[CH-]C1.[Fe+2]. The fraction of sp³-hybridized carbons (Fsp3) is 0.0690. The number of benzene rings is 8. The summed E-state index contributed by atoms with van der Waals surface area (Å²) in [4.78, 5) is 0. The van der Waals surface area contributed by atoms with E-state index in [9.17, 15) is 0 Å². The monoisotopic (exact) mass is 926 g/mol. The molecule has 2 aliphatic carbocycles. The number of hydrogen-bond donors (Lipinski definition) is 0. The minimum Gasteiger partial charge on any atom is -0.435 e. The molecule has 0 heterocycles. The third-order valence-corrected chi connectivity index (χ3v) is 13.9. The van der Waals surface area contributed by atoms with Crippen LogP contribution in [0.5, 0.6) is 23.0 Å². The molecule has 2 aliphatic rings. The molecule has 322 valence electrons. The average Bonchev–Trinajstić information content (AvgIpc) is 4.13. The molecule has 65 heavy (non-hydrogen) atoms. The summed E-state index contributed by atoms with van der Waals surface area (Å²) >= 11 is 0. The van der Waals surface area contributed by atoms with Crippen LogP contribution in [0.15, 0.2) is 241 Å². The zero-order valence-corrected chi connectivity index (χ0v) is 38.7. The summed E-state index contributed by atoms with van der Waals surface area (Å²) in [6.45, 7) is 0. The summed E-state index contributed by atoms with van der Waals surface area (Å²) in [5.41, 5.74) is 8.83. The molecule has 4 nitrogen and oxygen atoms in total. The minimum atomic E-state index is -1.30. The van der Waals surface area contributed by atoms with Gasteiger partial charge in [0.05, 0.1) is 0 Å². The molecule has 0 amide bonds. The smallest absolute Gasteiger partial charge is 0.435 e. The Hall–Kier alpha value is -6.18. The number of para-hydroxylation sites is 4. The van der Waals surface area contributed by atoms with Gasteiger partial charge < -0.3 is 30.9 Å². The molecule has 0 aromatic heterocycles. The third kappa shape index (κ3) is 11.8. The van der Waals surface area contributed by atoms with Gasteiger partial charge in [0.15, 0.2) is 0 Å². The van der Waals surface area contributed by atoms with E-state index in [1.807, 2.05) is 97.1 Å².